The Balaban J connectivity index is 1.43. The number of nitrogens with one attached hydrogen (secondary N) is 1. The SMILES string of the molecule is CN1C(=O)c2ccccc2[C@@H](C(=O)Nc2ccc(S(=O)(=O)N3CCCCC3)cc2)[C@@H]1c1cccs1. The van der Waals surface area contributed by atoms with Gasteiger partial charge in [-0.25, -0.2) is 8.42 Å². The van der Waals surface area contributed by atoms with Gasteiger partial charge in [-0.1, -0.05) is 30.7 Å². The summed E-state index contributed by atoms with van der Waals surface area (Å²) in [6.45, 7) is 1.08. The van der Waals surface area contributed by atoms with Crippen LogP contribution in [0, 0.1) is 0 Å². The minimum Gasteiger partial charge on any atom is -0.333 e. The van der Waals surface area contributed by atoms with Gasteiger partial charge in [0.2, 0.25) is 15.9 Å². The fourth-order valence-electron chi connectivity index (χ4n) is 4.96. The van der Waals surface area contributed by atoms with Gasteiger partial charge in [0.05, 0.1) is 16.9 Å². The van der Waals surface area contributed by atoms with Gasteiger partial charge in [0.15, 0.2) is 0 Å². The number of likely N-dealkylation sites (N-methyl/N-ethyl adjacent to an activating group) is 1. The van der Waals surface area contributed by atoms with Crippen molar-refractivity contribution in [2.75, 3.05) is 25.5 Å². The minimum atomic E-state index is -3.54. The van der Waals surface area contributed by atoms with Crippen molar-refractivity contribution in [3.05, 3.63) is 82.0 Å². The first-order valence-corrected chi connectivity index (χ1v) is 14.0. The molecule has 9 heteroatoms. The van der Waals surface area contributed by atoms with E-state index in [0.29, 0.717) is 29.9 Å². The van der Waals surface area contributed by atoms with Gasteiger partial charge in [-0.3, -0.25) is 9.59 Å². The van der Waals surface area contributed by atoms with Gasteiger partial charge in [0.1, 0.15) is 0 Å². The van der Waals surface area contributed by atoms with Crippen LogP contribution in [0.1, 0.15) is 52.0 Å². The highest BCUT2D eigenvalue weighted by Gasteiger charge is 2.43. The average molecular weight is 510 g/mol. The molecule has 1 aromatic heterocycles. The molecular weight excluding hydrogens is 482 g/mol. The molecule has 2 amide bonds. The zero-order chi connectivity index (χ0) is 24.6. The second kappa shape index (κ2) is 9.56. The van der Waals surface area contributed by atoms with Gasteiger partial charge >= 0.3 is 0 Å². The first-order valence-electron chi connectivity index (χ1n) is 11.7. The molecule has 7 nitrogen and oxygen atoms in total. The summed E-state index contributed by atoms with van der Waals surface area (Å²) < 4.78 is 27.4. The Morgan fingerprint density at radius 3 is 2.37 bits per heavy atom. The lowest BCUT2D eigenvalue weighted by Gasteiger charge is -2.39. The number of rotatable bonds is 5. The lowest BCUT2D eigenvalue weighted by molar-refractivity contribution is -0.119. The fourth-order valence-corrected chi connectivity index (χ4v) is 7.38. The second-order valence-electron chi connectivity index (χ2n) is 8.92. The Morgan fingerprint density at radius 1 is 0.971 bits per heavy atom. The monoisotopic (exact) mass is 509 g/mol. The summed E-state index contributed by atoms with van der Waals surface area (Å²) in [4.78, 5) is 29.5. The summed E-state index contributed by atoms with van der Waals surface area (Å²) in [5, 5.41) is 4.89. The van der Waals surface area contributed by atoms with Crippen LogP contribution in [0.3, 0.4) is 0 Å². The average Bonchev–Trinajstić information content (AvgIpc) is 3.41. The van der Waals surface area contributed by atoms with E-state index in [0.717, 1.165) is 24.1 Å². The summed E-state index contributed by atoms with van der Waals surface area (Å²) in [5.41, 5.74) is 1.72. The molecule has 1 fully saturated rings. The molecule has 5 rings (SSSR count). The van der Waals surface area contributed by atoms with Crippen molar-refractivity contribution >= 4 is 38.9 Å². The smallest absolute Gasteiger partial charge is 0.254 e. The number of hydrogen-bond donors (Lipinski definition) is 1. The number of piperidine rings is 1. The maximum Gasteiger partial charge on any atom is 0.254 e. The molecule has 1 N–H and O–H groups in total. The lowest BCUT2D eigenvalue weighted by Crippen LogP contribution is -2.43. The van der Waals surface area contributed by atoms with Crippen molar-refractivity contribution in [1.29, 1.82) is 0 Å². The predicted octanol–water partition coefficient (Wildman–Crippen LogP) is 4.47. The molecule has 1 saturated heterocycles. The van der Waals surface area contributed by atoms with Crippen LogP contribution in [-0.4, -0.2) is 49.6 Å². The predicted molar refractivity (Wildman–Crippen MR) is 136 cm³/mol. The third kappa shape index (κ3) is 4.39. The number of carbonyl (C=O) groups is 2. The topological polar surface area (TPSA) is 86.8 Å². The molecule has 3 aromatic rings. The molecule has 35 heavy (non-hydrogen) atoms. The summed E-state index contributed by atoms with van der Waals surface area (Å²) in [6.07, 6.45) is 2.80. The molecule has 0 radical (unpaired) electrons. The Labute approximate surface area is 209 Å². The van der Waals surface area contributed by atoms with Crippen molar-refractivity contribution in [1.82, 2.24) is 9.21 Å². The summed E-state index contributed by atoms with van der Waals surface area (Å²) in [7, 11) is -1.82. The maximum atomic E-state index is 13.6. The Morgan fingerprint density at radius 2 is 1.69 bits per heavy atom. The standard InChI is InChI=1S/C26H27N3O4S2/c1-28-24(22-10-7-17-34-22)23(20-8-3-4-9-21(20)26(28)31)25(30)27-18-11-13-19(14-12-18)35(32,33)29-15-5-2-6-16-29/h3-4,7-14,17,23-24H,2,5-6,15-16H2,1H3,(H,27,30)/t23-,24+/m1/s1. The van der Waals surface area contributed by atoms with Gasteiger partial charge in [-0.15, -0.1) is 11.3 Å². The van der Waals surface area contributed by atoms with E-state index in [1.165, 1.54) is 15.6 Å². The van der Waals surface area contributed by atoms with Crippen molar-refractivity contribution in [2.24, 2.45) is 0 Å². The van der Waals surface area contributed by atoms with Crippen LogP contribution in [-0.2, 0) is 14.8 Å². The third-order valence-corrected chi connectivity index (χ3v) is 9.63. The van der Waals surface area contributed by atoms with Gasteiger partial charge in [0, 0.05) is 36.3 Å². The molecule has 0 aliphatic carbocycles. The minimum absolute atomic E-state index is 0.115. The molecule has 3 heterocycles. The van der Waals surface area contributed by atoms with Crippen LogP contribution in [0.15, 0.2) is 70.9 Å². The quantitative estimate of drug-likeness (QED) is 0.550. The molecule has 0 saturated carbocycles. The maximum absolute atomic E-state index is 13.6. The first kappa shape index (κ1) is 23.7. The van der Waals surface area contributed by atoms with E-state index in [4.69, 9.17) is 0 Å². The number of benzene rings is 2. The highest BCUT2D eigenvalue weighted by atomic mass is 32.2. The van der Waals surface area contributed by atoms with E-state index in [1.807, 2.05) is 29.6 Å². The van der Waals surface area contributed by atoms with Crippen LogP contribution >= 0.6 is 11.3 Å². The van der Waals surface area contributed by atoms with Crippen molar-refractivity contribution in [3.63, 3.8) is 0 Å². The number of hydrogen-bond acceptors (Lipinski definition) is 5. The molecule has 0 unspecified atom stereocenters. The van der Waals surface area contributed by atoms with Crippen LogP contribution in [0.25, 0.3) is 0 Å². The third-order valence-electron chi connectivity index (χ3n) is 6.77. The highest BCUT2D eigenvalue weighted by molar-refractivity contribution is 7.89. The Kier molecular flexibility index (Phi) is 6.48. The molecule has 0 bridgehead atoms. The van der Waals surface area contributed by atoms with Crippen LogP contribution < -0.4 is 5.32 Å². The van der Waals surface area contributed by atoms with Gasteiger partial charge < -0.3 is 10.2 Å². The first-order chi connectivity index (χ1) is 16.9. The highest BCUT2D eigenvalue weighted by Crippen LogP contribution is 2.43. The zero-order valence-corrected chi connectivity index (χ0v) is 21.0. The van der Waals surface area contributed by atoms with Crippen LogP contribution in [0.2, 0.25) is 0 Å². The van der Waals surface area contributed by atoms with E-state index in [1.54, 1.807) is 48.3 Å². The van der Waals surface area contributed by atoms with E-state index < -0.39 is 22.0 Å². The van der Waals surface area contributed by atoms with Crippen LogP contribution in [0.4, 0.5) is 5.69 Å². The number of carbonyl (C=O) groups excluding carboxylic acids is 2. The summed E-state index contributed by atoms with van der Waals surface area (Å²) >= 11 is 1.51. The molecule has 182 valence electrons. The molecule has 2 aliphatic rings. The number of sulfonamides is 1. The molecule has 2 aromatic carbocycles. The Bertz CT molecular complexity index is 1330. The number of amides is 2. The number of nitrogens with zero attached hydrogens (tertiary/aromatic N) is 2. The lowest BCUT2D eigenvalue weighted by atomic mass is 9.81. The molecular formula is C26H27N3O4S2. The van der Waals surface area contributed by atoms with Gasteiger partial charge in [-0.05, 0) is 60.2 Å². The van der Waals surface area contributed by atoms with Crippen molar-refractivity contribution in [3.8, 4) is 0 Å². The zero-order valence-electron chi connectivity index (χ0n) is 19.4. The second-order valence-corrected chi connectivity index (χ2v) is 11.8. The molecule has 2 aliphatic heterocycles. The van der Waals surface area contributed by atoms with Crippen molar-refractivity contribution < 1.29 is 18.0 Å². The Hall–Kier alpha value is -3.01. The van der Waals surface area contributed by atoms with Gasteiger partial charge in [0.25, 0.3) is 5.91 Å². The van der Waals surface area contributed by atoms with Gasteiger partial charge in [-0.2, -0.15) is 4.31 Å². The van der Waals surface area contributed by atoms with E-state index in [9.17, 15) is 18.0 Å². The van der Waals surface area contributed by atoms with Crippen LogP contribution in [0.5, 0.6) is 0 Å². The largest absolute Gasteiger partial charge is 0.333 e. The van der Waals surface area contributed by atoms with E-state index in [-0.39, 0.29) is 16.7 Å². The summed E-state index contributed by atoms with van der Waals surface area (Å²) in [5.74, 6) is -0.971. The van der Waals surface area contributed by atoms with E-state index in [2.05, 4.69) is 5.32 Å². The number of thiophene rings is 1. The number of anilines is 1. The fraction of sp³-hybridized carbons (Fsp3) is 0.308. The summed E-state index contributed by atoms with van der Waals surface area (Å²) in [6, 6.07) is 17.0. The number of fused-ring (bicyclic) bond motifs is 1. The molecule has 0 spiro atoms. The van der Waals surface area contributed by atoms with Crippen molar-refractivity contribution in [2.45, 2.75) is 36.1 Å². The normalized spacial score (nSPS) is 20.9. The van der Waals surface area contributed by atoms with E-state index >= 15 is 0 Å². The molecule has 2 atom stereocenters.